The van der Waals surface area contributed by atoms with E-state index in [1.807, 2.05) is 0 Å². The summed E-state index contributed by atoms with van der Waals surface area (Å²) in [6.45, 7) is 0. The van der Waals surface area contributed by atoms with Crippen molar-refractivity contribution >= 4 is 131 Å². The monoisotopic (exact) mass is 1350 g/mol. The summed E-state index contributed by atoms with van der Waals surface area (Å²) in [5.41, 5.74) is 31.6. The minimum atomic E-state index is 1.15. The second-order valence-corrected chi connectivity index (χ2v) is 28.3. The molecule has 2 aromatic heterocycles. The minimum Gasteiger partial charge on any atom is -0.309 e. The third-order valence-electron chi connectivity index (χ3n) is 22.8. The molecule has 0 spiro atoms. The van der Waals surface area contributed by atoms with E-state index in [9.17, 15) is 0 Å². The van der Waals surface area contributed by atoms with Crippen molar-refractivity contribution in [1.29, 1.82) is 0 Å². The van der Waals surface area contributed by atoms with Gasteiger partial charge in [-0.2, -0.15) is 0 Å². The van der Waals surface area contributed by atoms with Crippen LogP contribution in [0, 0.1) is 0 Å². The van der Waals surface area contributed by atoms with Gasteiger partial charge >= 0.3 is 0 Å². The fourth-order valence-electron chi connectivity index (χ4n) is 18.3. The van der Waals surface area contributed by atoms with E-state index in [0.717, 1.165) is 34.1 Å². The number of benzene rings is 18. The van der Waals surface area contributed by atoms with E-state index >= 15 is 0 Å². The standard InChI is InChI=1S/C56H34N4.C44H28N2/c1-3-15-37(16-4-1)57-45-21-9-7-19-41(45)43-33-39(27-31-47(43)57)59-49-23-11-13-35-26-30-52-56(53(35)49)55-51(59)29-25-36-14-12-24-50(54(36)55)60(52)40-28-32-48-44(34-40)42-20-8-10-22-46(42)58(48)38-17-5-2-6-18-38;1-3-9-29(10-4-1)31-17-23-35(24-18-31)45-37-15-7-13-33-22-28-40-44(41(33)37)43-39(45)27-21-34-14-8-16-38(42(34)43)46(40)36-25-19-32(20-26-36)30-11-5-2-6-12-30/h1-34H;1-28H. The summed E-state index contributed by atoms with van der Waals surface area (Å²) in [5, 5.41) is 15.1. The number of rotatable bonds is 8. The number of para-hydroxylation sites is 4. The van der Waals surface area contributed by atoms with E-state index in [2.05, 4.69) is 404 Å². The summed E-state index contributed by atoms with van der Waals surface area (Å²) < 4.78 is 14.7. The quantitative estimate of drug-likeness (QED) is 0.107. The molecule has 0 fully saturated rings. The highest BCUT2D eigenvalue weighted by Gasteiger charge is 2.30. The van der Waals surface area contributed by atoms with Crippen LogP contribution in [0.2, 0.25) is 0 Å². The van der Waals surface area contributed by atoms with Gasteiger partial charge in [0.2, 0.25) is 0 Å². The maximum absolute atomic E-state index is 2.51. The van der Waals surface area contributed by atoms with Crippen LogP contribution in [0.1, 0.15) is 0 Å². The topological polar surface area (TPSA) is 29.6 Å². The third-order valence-corrected chi connectivity index (χ3v) is 22.8. The normalized spacial score (nSPS) is 12.2. The first-order valence-electron chi connectivity index (χ1n) is 36.6. The minimum absolute atomic E-state index is 1.15. The Balaban J connectivity index is 0.000000134. The second kappa shape index (κ2) is 22.6. The Morgan fingerprint density at radius 1 is 0.132 bits per heavy atom. The number of aromatic nitrogens is 6. The number of fused-ring (bicyclic) bond motifs is 6. The van der Waals surface area contributed by atoms with E-state index < -0.39 is 0 Å². The summed E-state index contributed by atoms with van der Waals surface area (Å²) in [4.78, 5) is 0. The number of pyridine rings is 4. The van der Waals surface area contributed by atoms with E-state index in [0.29, 0.717) is 0 Å². The van der Waals surface area contributed by atoms with Gasteiger partial charge in [-0.05, 0) is 189 Å². The van der Waals surface area contributed by atoms with Crippen LogP contribution >= 0.6 is 0 Å². The molecule has 0 saturated heterocycles. The third kappa shape index (κ3) is 8.43. The van der Waals surface area contributed by atoms with Gasteiger partial charge in [-0.3, -0.25) is 0 Å². The molecule has 0 amide bonds. The van der Waals surface area contributed by atoms with Crippen LogP contribution in [-0.2, 0) is 0 Å². The lowest BCUT2D eigenvalue weighted by Crippen LogP contribution is -2.10. The first kappa shape index (κ1) is 58.4. The fraction of sp³-hybridized carbons (Fsp3) is 0. The van der Waals surface area contributed by atoms with Gasteiger partial charge in [0, 0.05) is 99.5 Å². The zero-order valence-electron chi connectivity index (χ0n) is 57.5. The van der Waals surface area contributed by atoms with Gasteiger partial charge in [-0.15, -0.1) is 0 Å². The summed E-state index contributed by atoms with van der Waals surface area (Å²) in [5.74, 6) is 0. The molecule has 492 valence electrons. The molecule has 4 aliphatic heterocycles. The van der Waals surface area contributed by atoms with Crippen LogP contribution < -0.4 is 0 Å². The van der Waals surface area contributed by atoms with Crippen molar-refractivity contribution in [3.05, 3.63) is 376 Å². The van der Waals surface area contributed by atoms with Crippen LogP contribution in [-0.4, -0.2) is 27.4 Å². The summed E-state index contributed by atoms with van der Waals surface area (Å²) in [7, 11) is 0. The zero-order chi connectivity index (χ0) is 69.2. The van der Waals surface area contributed by atoms with Crippen LogP contribution in [0.5, 0.6) is 0 Å². The fourth-order valence-corrected chi connectivity index (χ4v) is 18.3. The van der Waals surface area contributed by atoms with Gasteiger partial charge in [0.25, 0.3) is 0 Å². The Bertz CT molecular complexity index is 7060. The highest BCUT2D eigenvalue weighted by atomic mass is 15.0. The van der Waals surface area contributed by atoms with Gasteiger partial charge in [0.1, 0.15) is 0 Å². The molecule has 6 heteroatoms. The molecule has 0 N–H and O–H groups in total. The Morgan fingerprint density at radius 3 is 0.708 bits per heavy atom. The van der Waals surface area contributed by atoms with Gasteiger partial charge in [0.15, 0.2) is 0 Å². The van der Waals surface area contributed by atoms with Crippen molar-refractivity contribution in [2.45, 2.75) is 0 Å². The van der Waals surface area contributed by atoms with Gasteiger partial charge in [-0.1, -0.05) is 231 Å². The van der Waals surface area contributed by atoms with Crippen LogP contribution in [0.25, 0.3) is 209 Å². The van der Waals surface area contributed by atoms with Crippen molar-refractivity contribution in [1.82, 2.24) is 27.4 Å². The van der Waals surface area contributed by atoms with E-state index in [1.54, 1.807) is 0 Å². The van der Waals surface area contributed by atoms with E-state index in [1.165, 1.54) is 175 Å². The molecule has 6 nitrogen and oxygen atoms in total. The first-order chi connectivity index (χ1) is 52.6. The Labute approximate surface area is 609 Å². The second-order valence-electron chi connectivity index (χ2n) is 28.3. The molecule has 106 heavy (non-hydrogen) atoms. The highest BCUT2D eigenvalue weighted by Crippen LogP contribution is 2.53. The molecule has 4 aliphatic rings. The zero-order valence-corrected chi connectivity index (χ0v) is 57.5. The predicted octanol–water partition coefficient (Wildman–Crippen LogP) is 26.4. The molecule has 0 atom stereocenters. The lowest BCUT2D eigenvalue weighted by molar-refractivity contribution is 1.14. The van der Waals surface area contributed by atoms with Crippen molar-refractivity contribution in [2.24, 2.45) is 0 Å². The molecule has 18 aromatic carbocycles. The average Bonchev–Trinajstić information content (AvgIpc) is 0.812. The maximum atomic E-state index is 2.51. The van der Waals surface area contributed by atoms with Crippen LogP contribution in [0.15, 0.2) is 376 Å². The SMILES string of the molecule is c1ccc(-c2ccc(-n3c4ccc5cccc6c5c4-c4c5c(cccc53)ccc4n6-c3ccc(-c4ccccc4)cc3)cc2)cc1.c1ccc(-n2c3ccccc3c3cc(-n4c5ccc6cccc7c6c5-c5c6c(cccc64)ccc5n7-c4ccc5c(c4)c4ccccc4n5-c4ccccc4)ccc32)cc1. The van der Waals surface area contributed by atoms with Crippen LogP contribution in [0.3, 0.4) is 0 Å². The van der Waals surface area contributed by atoms with E-state index in [-0.39, 0.29) is 0 Å². The molecule has 0 aliphatic carbocycles. The lowest BCUT2D eigenvalue weighted by Gasteiger charge is -2.29. The summed E-state index contributed by atoms with van der Waals surface area (Å²) >= 11 is 0. The van der Waals surface area contributed by atoms with Crippen molar-refractivity contribution in [3.63, 3.8) is 0 Å². The molecule has 0 bridgehead atoms. The van der Waals surface area contributed by atoms with Gasteiger partial charge in [-0.25, -0.2) is 0 Å². The van der Waals surface area contributed by atoms with Gasteiger partial charge < -0.3 is 27.4 Å². The molecular formula is C100H62N6. The number of hydrogen-bond acceptors (Lipinski definition) is 0. The van der Waals surface area contributed by atoms with Gasteiger partial charge in [0.05, 0.1) is 66.2 Å². The molecule has 6 heterocycles. The largest absolute Gasteiger partial charge is 0.309 e. The molecular weight excluding hydrogens is 1290 g/mol. The molecule has 20 aromatic rings. The highest BCUT2D eigenvalue weighted by molar-refractivity contribution is 6.28. The maximum Gasteiger partial charge on any atom is 0.0548 e. The predicted molar refractivity (Wildman–Crippen MR) is 445 cm³/mol. The van der Waals surface area contributed by atoms with Crippen molar-refractivity contribution in [2.75, 3.05) is 0 Å². The Kier molecular flexibility index (Phi) is 12.5. The molecule has 0 radical (unpaired) electrons. The Hall–Kier alpha value is -14.2. The smallest absolute Gasteiger partial charge is 0.0548 e. The van der Waals surface area contributed by atoms with Crippen molar-refractivity contribution < 1.29 is 0 Å². The molecule has 0 saturated carbocycles. The first-order valence-corrected chi connectivity index (χ1v) is 36.6. The summed E-state index contributed by atoms with van der Waals surface area (Å²) in [6, 6.07) is 138. The van der Waals surface area contributed by atoms with E-state index in [4.69, 9.17) is 0 Å². The molecule has 0 unspecified atom stereocenters. The number of nitrogens with zero attached hydrogens (tertiary/aromatic N) is 6. The molecule has 24 rings (SSSR count). The average molecular weight is 1350 g/mol. The summed E-state index contributed by atoms with van der Waals surface area (Å²) in [6.07, 6.45) is 0. The van der Waals surface area contributed by atoms with Crippen molar-refractivity contribution in [3.8, 4) is 78.6 Å². The lowest BCUT2D eigenvalue weighted by atomic mass is 9.87. The van der Waals surface area contributed by atoms with Crippen LogP contribution in [0.4, 0.5) is 0 Å². The number of hydrogen-bond donors (Lipinski definition) is 0. The Morgan fingerprint density at radius 2 is 0.368 bits per heavy atom.